The Kier molecular flexibility index (Phi) is 5.75. The highest BCUT2D eigenvalue weighted by Crippen LogP contribution is 2.31. The van der Waals surface area contributed by atoms with E-state index in [1.807, 2.05) is 9.80 Å². The molecule has 0 spiro atoms. The molecule has 3 rings (SSSR count). The molecule has 26 heavy (non-hydrogen) atoms. The van der Waals surface area contributed by atoms with Gasteiger partial charge in [-0.1, -0.05) is 12.8 Å². The molecule has 1 aromatic rings. The third kappa shape index (κ3) is 3.98. The molecule has 3 heterocycles. The largest absolute Gasteiger partial charge is 0.349 e. The van der Waals surface area contributed by atoms with Crippen LogP contribution >= 0.6 is 0 Å². The first-order valence-electron chi connectivity index (χ1n) is 9.40. The number of rotatable bonds is 4. The third-order valence-corrected chi connectivity index (χ3v) is 5.33. The Hall–Kier alpha value is -2.16. The third-order valence-electron chi connectivity index (χ3n) is 5.33. The van der Waals surface area contributed by atoms with Gasteiger partial charge in [-0.3, -0.25) is 19.8 Å². The zero-order chi connectivity index (χ0) is 18.7. The maximum absolute atomic E-state index is 12.5. The number of amides is 1. The lowest BCUT2D eigenvalue weighted by Gasteiger charge is -2.35. The number of carbonyl (C=O) groups is 1. The van der Waals surface area contributed by atoms with Crippen molar-refractivity contribution in [2.75, 3.05) is 50.7 Å². The van der Waals surface area contributed by atoms with Crippen molar-refractivity contribution in [3.8, 4) is 0 Å². The standard InChI is InChI=1S/C17H28N6O3/c1-14-16(23(25)26)17(19(2)18-14)22-11-9-20(10-12-22)13-15(24)21-7-5-3-4-6-8-21/h3-13H2,1-2H3. The molecule has 0 aromatic carbocycles. The molecule has 0 aliphatic carbocycles. The summed E-state index contributed by atoms with van der Waals surface area (Å²) in [5.74, 6) is 0.772. The van der Waals surface area contributed by atoms with E-state index in [0.29, 0.717) is 31.1 Å². The molecule has 0 radical (unpaired) electrons. The number of hydrogen-bond acceptors (Lipinski definition) is 6. The SMILES string of the molecule is Cc1nn(C)c(N2CCN(CC(=O)N3CCCCCC3)CC2)c1[N+](=O)[O-]. The van der Waals surface area contributed by atoms with Gasteiger partial charge in [-0.05, 0) is 19.8 Å². The Bertz CT molecular complexity index is 658. The molecule has 0 bridgehead atoms. The fraction of sp³-hybridized carbons (Fsp3) is 0.765. The highest BCUT2D eigenvalue weighted by Gasteiger charge is 2.31. The van der Waals surface area contributed by atoms with Crippen LogP contribution in [-0.4, -0.2) is 76.2 Å². The lowest BCUT2D eigenvalue weighted by molar-refractivity contribution is -0.384. The van der Waals surface area contributed by atoms with E-state index in [1.54, 1.807) is 18.7 Å². The second-order valence-electron chi connectivity index (χ2n) is 7.20. The van der Waals surface area contributed by atoms with E-state index in [9.17, 15) is 14.9 Å². The molecule has 9 nitrogen and oxygen atoms in total. The van der Waals surface area contributed by atoms with Crippen molar-refractivity contribution in [3.63, 3.8) is 0 Å². The van der Waals surface area contributed by atoms with Crippen molar-refractivity contribution in [1.29, 1.82) is 0 Å². The average molecular weight is 364 g/mol. The second kappa shape index (κ2) is 8.03. The lowest BCUT2D eigenvalue weighted by atomic mass is 10.2. The van der Waals surface area contributed by atoms with E-state index in [-0.39, 0.29) is 16.5 Å². The highest BCUT2D eigenvalue weighted by atomic mass is 16.6. The van der Waals surface area contributed by atoms with Crippen molar-refractivity contribution in [2.24, 2.45) is 7.05 Å². The Morgan fingerprint density at radius 3 is 2.27 bits per heavy atom. The minimum absolute atomic E-state index is 0.0848. The Balaban J connectivity index is 1.58. The molecular weight excluding hydrogens is 336 g/mol. The minimum Gasteiger partial charge on any atom is -0.349 e. The zero-order valence-corrected chi connectivity index (χ0v) is 15.7. The van der Waals surface area contributed by atoms with Crippen LogP contribution in [-0.2, 0) is 11.8 Å². The van der Waals surface area contributed by atoms with Gasteiger partial charge in [0.2, 0.25) is 11.7 Å². The van der Waals surface area contributed by atoms with E-state index in [0.717, 1.165) is 39.0 Å². The number of anilines is 1. The molecule has 0 saturated carbocycles. The summed E-state index contributed by atoms with van der Waals surface area (Å²) >= 11 is 0. The summed E-state index contributed by atoms with van der Waals surface area (Å²) in [6, 6.07) is 0. The van der Waals surface area contributed by atoms with Gasteiger partial charge in [0.15, 0.2) is 0 Å². The Morgan fingerprint density at radius 1 is 1.08 bits per heavy atom. The molecule has 2 aliphatic rings. The van der Waals surface area contributed by atoms with Crippen LogP contribution in [0.5, 0.6) is 0 Å². The quantitative estimate of drug-likeness (QED) is 0.588. The van der Waals surface area contributed by atoms with Gasteiger partial charge in [0, 0.05) is 46.3 Å². The van der Waals surface area contributed by atoms with E-state index < -0.39 is 0 Å². The van der Waals surface area contributed by atoms with Gasteiger partial charge in [-0.15, -0.1) is 0 Å². The maximum Gasteiger partial charge on any atom is 0.333 e. The maximum atomic E-state index is 12.5. The number of likely N-dealkylation sites (tertiary alicyclic amines) is 1. The Morgan fingerprint density at radius 2 is 1.69 bits per heavy atom. The Labute approximate surface area is 153 Å². The minimum atomic E-state index is -0.354. The molecule has 2 saturated heterocycles. The highest BCUT2D eigenvalue weighted by molar-refractivity contribution is 5.78. The summed E-state index contributed by atoms with van der Waals surface area (Å²) in [5, 5.41) is 15.6. The average Bonchev–Trinajstić information content (AvgIpc) is 2.79. The first-order valence-corrected chi connectivity index (χ1v) is 9.40. The number of aryl methyl sites for hydroxylation is 2. The van der Waals surface area contributed by atoms with E-state index in [4.69, 9.17) is 0 Å². The van der Waals surface area contributed by atoms with Crippen molar-refractivity contribution in [2.45, 2.75) is 32.6 Å². The smallest absolute Gasteiger partial charge is 0.333 e. The lowest BCUT2D eigenvalue weighted by Crippen LogP contribution is -2.50. The van der Waals surface area contributed by atoms with Gasteiger partial charge in [0.25, 0.3) is 0 Å². The van der Waals surface area contributed by atoms with Crippen LogP contribution in [0.1, 0.15) is 31.4 Å². The first kappa shape index (κ1) is 18.6. The molecule has 0 N–H and O–H groups in total. The summed E-state index contributed by atoms with van der Waals surface area (Å²) in [4.78, 5) is 29.7. The zero-order valence-electron chi connectivity index (χ0n) is 15.7. The van der Waals surface area contributed by atoms with Crippen LogP contribution in [0.2, 0.25) is 0 Å². The van der Waals surface area contributed by atoms with Gasteiger partial charge in [-0.25, -0.2) is 4.68 Å². The van der Waals surface area contributed by atoms with Gasteiger partial charge in [0.05, 0.1) is 11.5 Å². The molecule has 1 aromatic heterocycles. The van der Waals surface area contributed by atoms with Crippen LogP contribution in [0.25, 0.3) is 0 Å². The number of piperazine rings is 1. The van der Waals surface area contributed by atoms with Crippen LogP contribution in [0.3, 0.4) is 0 Å². The predicted octanol–water partition coefficient (Wildman–Crippen LogP) is 1.16. The number of nitro groups is 1. The number of aromatic nitrogens is 2. The van der Waals surface area contributed by atoms with Crippen LogP contribution in [0.15, 0.2) is 0 Å². The van der Waals surface area contributed by atoms with E-state index >= 15 is 0 Å². The fourth-order valence-corrected chi connectivity index (χ4v) is 3.93. The summed E-state index contributed by atoms with van der Waals surface area (Å²) in [6.07, 6.45) is 4.63. The molecule has 9 heteroatoms. The summed E-state index contributed by atoms with van der Waals surface area (Å²) in [6.45, 7) is 6.62. The topological polar surface area (TPSA) is 87.8 Å². The van der Waals surface area contributed by atoms with E-state index in [1.165, 1.54) is 12.8 Å². The van der Waals surface area contributed by atoms with Gasteiger partial charge >= 0.3 is 5.69 Å². The van der Waals surface area contributed by atoms with Crippen molar-refractivity contribution in [1.82, 2.24) is 19.6 Å². The molecule has 144 valence electrons. The van der Waals surface area contributed by atoms with Gasteiger partial charge in [0.1, 0.15) is 5.69 Å². The molecule has 2 fully saturated rings. The summed E-state index contributed by atoms with van der Waals surface area (Å²) in [7, 11) is 1.74. The van der Waals surface area contributed by atoms with Crippen molar-refractivity contribution < 1.29 is 9.72 Å². The molecular formula is C17H28N6O3. The van der Waals surface area contributed by atoms with Crippen LogP contribution < -0.4 is 4.90 Å². The van der Waals surface area contributed by atoms with Gasteiger partial charge in [-0.2, -0.15) is 5.10 Å². The normalized spacial score (nSPS) is 19.5. The predicted molar refractivity (Wildman–Crippen MR) is 98.3 cm³/mol. The van der Waals surface area contributed by atoms with Crippen molar-refractivity contribution in [3.05, 3.63) is 15.8 Å². The number of carbonyl (C=O) groups excluding carboxylic acids is 1. The monoisotopic (exact) mass is 364 g/mol. The number of nitrogens with zero attached hydrogens (tertiary/aromatic N) is 6. The summed E-state index contributed by atoms with van der Waals surface area (Å²) < 4.78 is 1.59. The molecule has 1 amide bonds. The number of hydrogen-bond donors (Lipinski definition) is 0. The molecule has 0 unspecified atom stereocenters. The van der Waals surface area contributed by atoms with Crippen LogP contribution in [0.4, 0.5) is 11.5 Å². The van der Waals surface area contributed by atoms with E-state index in [2.05, 4.69) is 10.00 Å². The second-order valence-corrected chi connectivity index (χ2v) is 7.20. The first-order chi connectivity index (χ1) is 12.5. The van der Waals surface area contributed by atoms with Crippen LogP contribution in [0, 0.1) is 17.0 Å². The summed E-state index contributed by atoms with van der Waals surface area (Å²) in [5.41, 5.74) is 0.521. The van der Waals surface area contributed by atoms with Crippen molar-refractivity contribution >= 4 is 17.4 Å². The van der Waals surface area contributed by atoms with Gasteiger partial charge < -0.3 is 9.80 Å². The fourth-order valence-electron chi connectivity index (χ4n) is 3.93. The molecule has 2 aliphatic heterocycles. The molecule has 0 atom stereocenters.